The predicted molar refractivity (Wildman–Crippen MR) is 105 cm³/mol. The molecule has 1 amide bonds. The quantitative estimate of drug-likeness (QED) is 0.703. The van der Waals surface area contributed by atoms with Gasteiger partial charge in [-0.05, 0) is 24.3 Å². The lowest BCUT2D eigenvalue weighted by Gasteiger charge is -2.26. The number of carbonyl (C=O) groups excluding carboxylic acids is 1. The van der Waals surface area contributed by atoms with Crippen LogP contribution in [-0.2, 0) is 4.74 Å². The van der Waals surface area contributed by atoms with Crippen LogP contribution < -0.4 is 10.1 Å². The molecule has 3 aromatic rings. The molecule has 1 aromatic carbocycles. The van der Waals surface area contributed by atoms with Crippen LogP contribution in [0.15, 0.2) is 35.8 Å². The third kappa shape index (κ3) is 3.97. The summed E-state index contributed by atoms with van der Waals surface area (Å²) in [7, 11) is 1.64. The summed E-state index contributed by atoms with van der Waals surface area (Å²) in [6.07, 6.45) is 1.91. The smallest absolute Gasteiger partial charge is 0.269 e. The number of hydrogen-bond donors (Lipinski definition) is 1. The molecule has 0 radical (unpaired) electrons. The van der Waals surface area contributed by atoms with Crippen LogP contribution in [-0.4, -0.2) is 66.7 Å². The summed E-state index contributed by atoms with van der Waals surface area (Å²) >= 11 is 1.47. The first-order valence-electron chi connectivity index (χ1n) is 8.94. The minimum Gasteiger partial charge on any atom is -0.497 e. The Balaban J connectivity index is 1.43. The van der Waals surface area contributed by atoms with E-state index in [2.05, 4.69) is 15.2 Å². The van der Waals surface area contributed by atoms with Crippen LogP contribution in [0.4, 0.5) is 0 Å². The molecule has 142 valence electrons. The maximum absolute atomic E-state index is 12.6. The molecular weight excluding hydrogens is 364 g/mol. The topological polar surface area (TPSA) is 68.1 Å². The number of rotatable bonds is 6. The maximum atomic E-state index is 12.6. The largest absolute Gasteiger partial charge is 0.497 e. The van der Waals surface area contributed by atoms with Crippen LogP contribution in [0.1, 0.15) is 10.5 Å². The highest BCUT2D eigenvalue weighted by molar-refractivity contribution is 7.15. The highest BCUT2D eigenvalue weighted by Gasteiger charge is 2.16. The average Bonchev–Trinajstić information content (AvgIpc) is 3.29. The molecule has 3 heterocycles. The zero-order valence-corrected chi connectivity index (χ0v) is 16.0. The summed E-state index contributed by atoms with van der Waals surface area (Å²) in [5.41, 5.74) is 2.45. The average molecular weight is 386 g/mol. The van der Waals surface area contributed by atoms with Gasteiger partial charge >= 0.3 is 0 Å². The number of thiazole rings is 1. The monoisotopic (exact) mass is 386 g/mol. The molecule has 0 aliphatic carbocycles. The van der Waals surface area contributed by atoms with Crippen molar-refractivity contribution in [1.82, 2.24) is 19.6 Å². The van der Waals surface area contributed by atoms with Crippen LogP contribution in [0.25, 0.3) is 16.2 Å². The standard InChI is InChI=1S/C19H22N4O3S/c1-25-15-4-2-14(3-5-15)16-12-23-17(13-27-19(23)21-16)18(24)20-6-7-22-8-10-26-11-9-22/h2-5,12-13H,6-11H2,1H3,(H,20,24). The fraction of sp³-hybridized carbons (Fsp3) is 0.368. The molecule has 8 heteroatoms. The van der Waals surface area contributed by atoms with Crippen molar-refractivity contribution in [3.05, 3.63) is 41.5 Å². The highest BCUT2D eigenvalue weighted by atomic mass is 32.1. The SMILES string of the molecule is COc1ccc(-c2cn3c(C(=O)NCCN4CCOCC4)csc3n2)cc1. The molecule has 1 saturated heterocycles. The van der Waals surface area contributed by atoms with E-state index in [0.29, 0.717) is 12.2 Å². The molecule has 1 aliphatic rings. The predicted octanol–water partition coefficient (Wildman–Crippen LogP) is 2.13. The molecule has 0 saturated carbocycles. The van der Waals surface area contributed by atoms with Crippen molar-refractivity contribution < 1.29 is 14.3 Å². The number of ether oxygens (including phenoxy) is 2. The minimum atomic E-state index is -0.0757. The lowest BCUT2D eigenvalue weighted by atomic mass is 10.2. The van der Waals surface area contributed by atoms with Crippen molar-refractivity contribution >= 4 is 22.2 Å². The molecule has 1 N–H and O–H groups in total. The zero-order chi connectivity index (χ0) is 18.6. The number of imidazole rings is 1. The van der Waals surface area contributed by atoms with Crippen molar-refractivity contribution in [3.8, 4) is 17.0 Å². The summed E-state index contributed by atoms with van der Waals surface area (Å²) in [6.45, 7) is 4.83. The van der Waals surface area contributed by atoms with Gasteiger partial charge in [-0.15, -0.1) is 11.3 Å². The van der Waals surface area contributed by atoms with Crippen LogP contribution in [0.5, 0.6) is 5.75 Å². The van der Waals surface area contributed by atoms with Gasteiger partial charge in [0.25, 0.3) is 5.91 Å². The Kier molecular flexibility index (Phi) is 5.38. The van der Waals surface area contributed by atoms with Gasteiger partial charge in [-0.1, -0.05) is 0 Å². The number of hydrogen-bond acceptors (Lipinski definition) is 6. The minimum absolute atomic E-state index is 0.0757. The van der Waals surface area contributed by atoms with Gasteiger partial charge in [0.15, 0.2) is 4.96 Å². The molecule has 0 bridgehead atoms. The van der Waals surface area contributed by atoms with E-state index in [0.717, 1.165) is 54.8 Å². The molecule has 0 atom stereocenters. The maximum Gasteiger partial charge on any atom is 0.269 e. The molecule has 1 fully saturated rings. The van der Waals surface area contributed by atoms with Gasteiger partial charge in [0, 0.05) is 43.3 Å². The van der Waals surface area contributed by atoms with Crippen molar-refractivity contribution in [2.24, 2.45) is 0 Å². The zero-order valence-electron chi connectivity index (χ0n) is 15.2. The second-order valence-electron chi connectivity index (χ2n) is 6.34. The number of nitrogens with zero attached hydrogens (tertiary/aromatic N) is 3. The van der Waals surface area contributed by atoms with Crippen LogP contribution in [0.2, 0.25) is 0 Å². The Labute approximate surface area is 161 Å². The molecule has 2 aromatic heterocycles. The van der Waals surface area contributed by atoms with Crippen molar-refractivity contribution in [2.45, 2.75) is 0 Å². The van der Waals surface area contributed by atoms with E-state index in [4.69, 9.17) is 9.47 Å². The molecule has 1 aliphatic heterocycles. The number of fused-ring (bicyclic) bond motifs is 1. The van der Waals surface area contributed by atoms with E-state index in [1.165, 1.54) is 11.3 Å². The first kappa shape index (κ1) is 18.0. The number of carbonyl (C=O) groups is 1. The fourth-order valence-electron chi connectivity index (χ4n) is 3.09. The second kappa shape index (κ2) is 8.08. The normalized spacial score (nSPS) is 15.1. The van der Waals surface area contributed by atoms with Crippen LogP contribution >= 0.6 is 11.3 Å². The van der Waals surface area contributed by atoms with Gasteiger partial charge in [-0.3, -0.25) is 14.1 Å². The third-order valence-corrected chi connectivity index (χ3v) is 5.48. The molecule has 4 rings (SSSR count). The van der Waals surface area contributed by atoms with Crippen LogP contribution in [0, 0.1) is 0 Å². The number of morpholine rings is 1. The molecule has 0 unspecified atom stereocenters. The number of methoxy groups -OCH3 is 1. The van der Waals surface area contributed by atoms with Crippen molar-refractivity contribution in [3.63, 3.8) is 0 Å². The highest BCUT2D eigenvalue weighted by Crippen LogP contribution is 2.25. The summed E-state index contributed by atoms with van der Waals surface area (Å²) in [4.78, 5) is 20.3. The van der Waals surface area contributed by atoms with E-state index in [-0.39, 0.29) is 5.91 Å². The summed E-state index contributed by atoms with van der Waals surface area (Å²) in [5, 5.41) is 4.86. The Morgan fingerprint density at radius 3 is 2.81 bits per heavy atom. The number of amides is 1. The molecule has 27 heavy (non-hydrogen) atoms. The van der Waals surface area contributed by atoms with E-state index >= 15 is 0 Å². The molecule has 7 nitrogen and oxygen atoms in total. The van der Waals surface area contributed by atoms with E-state index in [1.807, 2.05) is 40.2 Å². The number of aromatic nitrogens is 2. The van der Waals surface area contributed by atoms with E-state index in [9.17, 15) is 4.79 Å². The second-order valence-corrected chi connectivity index (χ2v) is 7.17. The third-order valence-electron chi connectivity index (χ3n) is 4.64. The Hall–Kier alpha value is -2.42. The molecule has 0 spiro atoms. The van der Waals surface area contributed by atoms with Gasteiger partial charge in [0.1, 0.15) is 11.4 Å². The Morgan fingerprint density at radius 1 is 1.30 bits per heavy atom. The number of benzene rings is 1. The summed E-state index contributed by atoms with van der Waals surface area (Å²) in [6, 6.07) is 7.74. The molecular formula is C19H22N4O3S. The van der Waals surface area contributed by atoms with Gasteiger partial charge in [0.05, 0.1) is 26.0 Å². The van der Waals surface area contributed by atoms with E-state index < -0.39 is 0 Å². The van der Waals surface area contributed by atoms with Crippen LogP contribution in [0.3, 0.4) is 0 Å². The van der Waals surface area contributed by atoms with E-state index in [1.54, 1.807) is 7.11 Å². The summed E-state index contributed by atoms with van der Waals surface area (Å²) in [5.74, 6) is 0.730. The first-order valence-corrected chi connectivity index (χ1v) is 9.82. The summed E-state index contributed by atoms with van der Waals surface area (Å²) < 4.78 is 12.4. The fourth-order valence-corrected chi connectivity index (χ4v) is 3.94. The lowest BCUT2D eigenvalue weighted by Crippen LogP contribution is -2.41. The van der Waals surface area contributed by atoms with Gasteiger partial charge in [-0.2, -0.15) is 0 Å². The lowest BCUT2D eigenvalue weighted by molar-refractivity contribution is 0.0383. The van der Waals surface area contributed by atoms with Gasteiger partial charge in [0.2, 0.25) is 0 Å². The Bertz CT molecular complexity index is 913. The number of nitrogens with one attached hydrogen (secondary N) is 1. The van der Waals surface area contributed by atoms with Crippen molar-refractivity contribution in [2.75, 3.05) is 46.5 Å². The van der Waals surface area contributed by atoms with Crippen molar-refractivity contribution in [1.29, 1.82) is 0 Å². The van der Waals surface area contributed by atoms with Gasteiger partial charge in [-0.25, -0.2) is 4.98 Å². The Morgan fingerprint density at radius 2 is 2.07 bits per heavy atom. The van der Waals surface area contributed by atoms with Gasteiger partial charge < -0.3 is 14.8 Å². The first-order chi connectivity index (χ1) is 13.2.